The molecule has 0 spiro atoms. The van der Waals surface area contributed by atoms with Crippen molar-refractivity contribution >= 4 is 36.0 Å². The lowest BCUT2D eigenvalue weighted by Crippen LogP contribution is -2.01. The molecular weight excluding hydrogens is 256 g/mol. The highest BCUT2D eigenvalue weighted by Crippen LogP contribution is 2.26. The summed E-state index contributed by atoms with van der Waals surface area (Å²) < 4.78 is 24.5. The topological polar surface area (TPSA) is 51.4 Å². The van der Waals surface area contributed by atoms with Gasteiger partial charge in [-0.05, 0) is 13.3 Å². The number of hydrogen-bond donors (Lipinski definition) is 0. The van der Waals surface area contributed by atoms with Crippen LogP contribution in [0.5, 0.6) is 0 Å². The summed E-state index contributed by atoms with van der Waals surface area (Å²) >= 11 is 1.41. The van der Waals surface area contributed by atoms with Crippen LogP contribution in [0.2, 0.25) is 0 Å². The van der Waals surface area contributed by atoms with Crippen LogP contribution in [0.25, 0.3) is 4.96 Å². The number of imidazole rings is 1. The van der Waals surface area contributed by atoms with Gasteiger partial charge in [-0.2, -0.15) is 0 Å². The maximum Gasteiger partial charge on any atom is 0.279 e. The van der Waals surface area contributed by atoms with E-state index in [0.717, 1.165) is 5.69 Å². The number of nitrogens with zero attached hydrogens (tertiary/aromatic N) is 2. The molecule has 0 unspecified atom stereocenters. The quantitative estimate of drug-likeness (QED) is 0.782. The summed E-state index contributed by atoms with van der Waals surface area (Å²) in [6, 6.07) is 0. The van der Waals surface area contributed by atoms with E-state index < -0.39 is 9.05 Å². The van der Waals surface area contributed by atoms with Crippen LogP contribution in [0.3, 0.4) is 0 Å². The molecule has 2 aromatic heterocycles. The maximum absolute atomic E-state index is 11.4. The molecule has 0 saturated heterocycles. The molecule has 0 atom stereocenters. The largest absolute Gasteiger partial charge is 0.279 e. The minimum absolute atomic E-state index is 0.111. The smallest absolute Gasteiger partial charge is 0.277 e. The van der Waals surface area contributed by atoms with E-state index in [0.29, 0.717) is 17.1 Å². The molecule has 0 saturated carbocycles. The van der Waals surface area contributed by atoms with Crippen molar-refractivity contribution in [2.75, 3.05) is 0 Å². The number of halogens is 1. The first-order valence-corrected chi connectivity index (χ1v) is 7.54. The molecule has 0 amide bonds. The van der Waals surface area contributed by atoms with Gasteiger partial charge < -0.3 is 0 Å². The van der Waals surface area contributed by atoms with Gasteiger partial charge in [-0.25, -0.2) is 13.4 Å². The molecule has 0 bridgehead atoms. The molecule has 0 aromatic carbocycles. The molecule has 0 aliphatic rings. The Hall–Kier alpha value is -0.590. The predicted molar refractivity (Wildman–Crippen MR) is 60.2 cm³/mol. The number of thiazole rings is 1. The fourth-order valence-electron chi connectivity index (χ4n) is 1.49. The highest BCUT2D eigenvalue weighted by atomic mass is 35.7. The summed E-state index contributed by atoms with van der Waals surface area (Å²) in [6.07, 6.45) is 0.551. The Labute approximate surface area is 95.9 Å². The van der Waals surface area contributed by atoms with Crippen molar-refractivity contribution in [3.63, 3.8) is 0 Å². The molecule has 0 aliphatic heterocycles. The van der Waals surface area contributed by atoms with E-state index in [1.165, 1.54) is 11.3 Å². The van der Waals surface area contributed by atoms with Gasteiger partial charge in [0.25, 0.3) is 9.05 Å². The van der Waals surface area contributed by atoms with Crippen molar-refractivity contribution in [2.24, 2.45) is 0 Å². The Balaban J connectivity index is 2.94. The number of fused-ring (bicyclic) bond motifs is 1. The molecule has 15 heavy (non-hydrogen) atoms. The maximum atomic E-state index is 11.4. The van der Waals surface area contributed by atoms with Crippen LogP contribution in [-0.4, -0.2) is 17.8 Å². The van der Waals surface area contributed by atoms with Crippen molar-refractivity contribution in [1.82, 2.24) is 9.38 Å². The van der Waals surface area contributed by atoms with Gasteiger partial charge in [-0.15, -0.1) is 11.3 Å². The van der Waals surface area contributed by atoms with Crippen molar-refractivity contribution in [3.8, 4) is 0 Å². The number of hydrogen-bond acceptors (Lipinski definition) is 4. The summed E-state index contributed by atoms with van der Waals surface area (Å²) in [7, 11) is 1.67. The molecule has 7 heteroatoms. The summed E-state index contributed by atoms with van der Waals surface area (Å²) in [4.78, 5) is 4.91. The Kier molecular flexibility index (Phi) is 2.52. The first-order chi connectivity index (χ1) is 6.95. The molecule has 0 aliphatic carbocycles. The van der Waals surface area contributed by atoms with E-state index in [1.807, 2.05) is 19.2 Å². The molecule has 0 N–H and O–H groups in total. The van der Waals surface area contributed by atoms with E-state index in [9.17, 15) is 8.42 Å². The van der Waals surface area contributed by atoms with Gasteiger partial charge >= 0.3 is 0 Å². The monoisotopic (exact) mass is 264 g/mol. The molecule has 2 rings (SSSR count). The van der Waals surface area contributed by atoms with Gasteiger partial charge in [0.05, 0.1) is 5.69 Å². The highest BCUT2D eigenvalue weighted by molar-refractivity contribution is 8.13. The predicted octanol–water partition coefficient (Wildman–Crippen LogP) is 2.19. The summed E-state index contributed by atoms with van der Waals surface area (Å²) in [6.45, 7) is 3.68. The van der Waals surface area contributed by atoms with Crippen LogP contribution in [0.4, 0.5) is 0 Å². The van der Waals surface area contributed by atoms with E-state index in [4.69, 9.17) is 10.7 Å². The van der Waals surface area contributed by atoms with Gasteiger partial charge in [0.1, 0.15) is 0 Å². The van der Waals surface area contributed by atoms with E-state index in [2.05, 4.69) is 4.98 Å². The van der Waals surface area contributed by atoms with Crippen molar-refractivity contribution in [3.05, 3.63) is 16.8 Å². The summed E-state index contributed by atoms with van der Waals surface area (Å²) in [5.41, 5.74) is 1.36. The van der Waals surface area contributed by atoms with Crippen LogP contribution >= 0.6 is 22.0 Å². The molecule has 2 aromatic rings. The second kappa shape index (κ2) is 3.47. The summed E-state index contributed by atoms with van der Waals surface area (Å²) in [5, 5.41) is 1.97. The Morgan fingerprint density at radius 1 is 1.60 bits per heavy atom. The van der Waals surface area contributed by atoms with Gasteiger partial charge in [-0.3, -0.25) is 4.40 Å². The number of rotatable bonds is 2. The fraction of sp³-hybridized carbons (Fsp3) is 0.375. The third kappa shape index (κ3) is 1.66. The van der Waals surface area contributed by atoms with Crippen LogP contribution in [0.15, 0.2) is 10.4 Å². The zero-order chi connectivity index (χ0) is 11.2. The van der Waals surface area contributed by atoms with Crippen LogP contribution in [0.1, 0.15) is 18.3 Å². The minimum atomic E-state index is -3.74. The normalized spacial score (nSPS) is 12.5. The Bertz CT molecular complexity index is 612. The lowest BCUT2D eigenvalue weighted by Gasteiger charge is -1.98. The molecule has 2 heterocycles. The first kappa shape index (κ1) is 10.9. The average molecular weight is 265 g/mol. The van der Waals surface area contributed by atoms with Gasteiger partial charge in [0, 0.05) is 21.8 Å². The van der Waals surface area contributed by atoms with Gasteiger partial charge in [0.2, 0.25) is 0 Å². The third-order valence-corrected chi connectivity index (χ3v) is 4.39. The zero-order valence-corrected chi connectivity index (χ0v) is 10.6. The molecule has 0 fully saturated rings. The summed E-state index contributed by atoms with van der Waals surface area (Å²) in [5.74, 6) is 0. The Morgan fingerprint density at radius 2 is 2.27 bits per heavy atom. The van der Waals surface area contributed by atoms with E-state index >= 15 is 0 Å². The van der Waals surface area contributed by atoms with Crippen molar-refractivity contribution in [2.45, 2.75) is 25.3 Å². The van der Waals surface area contributed by atoms with Crippen LogP contribution in [0, 0.1) is 6.92 Å². The Morgan fingerprint density at radius 3 is 2.80 bits per heavy atom. The molecule has 82 valence electrons. The van der Waals surface area contributed by atoms with Crippen molar-refractivity contribution in [1.29, 1.82) is 0 Å². The van der Waals surface area contributed by atoms with Crippen LogP contribution < -0.4 is 0 Å². The second-order valence-corrected chi connectivity index (χ2v) is 6.47. The second-order valence-electron chi connectivity index (χ2n) is 3.15. The van der Waals surface area contributed by atoms with Gasteiger partial charge in [0.15, 0.2) is 9.99 Å². The lowest BCUT2D eigenvalue weighted by atomic mass is 10.4. The third-order valence-electron chi connectivity index (χ3n) is 2.13. The number of aromatic nitrogens is 2. The van der Waals surface area contributed by atoms with Gasteiger partial charge in [-0.1, -0.05) is 6.92 Å². The number of aryl methyl sites for hydroxylation is 2. The first-order valence-electron chi connectivity index (χ1n) is 4.35. The molecule has 4 nitrogen and oxygen atoms in total. The fourth-order valence-corrected chi connectivity index (χ4v) is 3.83. The standard InChI is InChI=1S/C8H9ClN2O2S2/c1-3-6-7(15(9,12)13)11-5(2)4-14-8(11)10-6/h4H,3H2,1-2H3. The minimum Gasteiger partial charge on any atom is -0.277 e. The zero-order valence-electron chi connectivity index (χ0n) is 8.19. The molecule has 0 radical (unpaired) electrons. The highest BCUT2D eigenvalue weighted by Gasteiger charge is 2.23. The van der Waals surface area contributed by atoms with Crippen molar-refractivity contribution < 1.29 is 8.42 Å². The van der Waals surface area contributed by atoms with E-state index in [1.54, 1.807) is 4.40 Å². The van der Waals surface area contributed by atoms with Crippen LogP contribution in [-0.2, 0) is 15.5 Å². The molecular formula is C8H9ClN2O2S2. The lowest BCUT2D eigenvalue weighted by molar-refractivity contribution is 0.603. The average Bonchev–Trinajstić information content (AvgIpc) is 2.64. The SMILES string of the molecule is CCc1nc2scc(C)n2c1S(=O)(=O)Cl. The van der Waals surface area contributed by atoms with E-state index in [-0.39, 0.29) is 5.03 Å².